The zero-order valence-corrected chi connectivity index (χ0v) is 10.9. The van der Waals surface area contributed by atoms with Crippen LogP contribution < -0.4 is 11.1 Å². The molecule has 0 aliphatic carbocycles. The van der Waals surface area contributed by atoms with Crippen molar-refractivity contribution in [3.8, 4) is 0 Å². The number of carbonyl (C=O) groups excluding carboxylic acids is 1. The first kappa shape index (κ1) is 14.2. The van der Waals surface area contributed by atoms with Crippen LogP contribution in [0.2, 0.25) is 0 Å². The fourth-order valence-corrected chi connectivity index (χ4v) is 2.23. The van der Waals surface area contributed by atoms with Gasteiger partial charge in [-0.1, -0.05) is 11.8 Å². The molecule has 2 rings (SSSR count). The van der Waals surface area contributed by atoms with Crippen LogP contribution >= 0.6 is 11.8 Å². The van der Waals surface area contributed by atoms with Gasteiger partial charge in [0, 0.05) is 17.2 Å². The maximum Gasteiger partial charge on any atom is 0.288 e. The summed E-state index contributed by atoms with van der Waals surface area (Å²) >= 11 is 0.460. The minimum Gasteiger partial charge on any atom is -0.379 e. The van der Waals surface area contributed by atoms with Gasteiger partial charge in [-0.15, -0.1) is 0 Å². The Morgan fingerprint density at radius 2 is 2.11 bits per heavy atom. The Hall–Kier alpha value is -1.18. The van der Waals surface area contributed by atoms with E-state index in [1.54, 1.807) is 12.1 Å². The van der Waals surface area contributed by atoms with Crippen LogP contribution in [0.15, 0.2) is 29.2 Å². The second-order valence-corrected chi connectivity index (χ2v) is 5.38. The van der Waals surface area contributed by atoms with Crippen molar-refractivity contribution in [3.05, 3.63) is 24.3 Å². The fraction of sp³-hybridized carbons (Fsp3) is 0.417. The Bertz CT molecular complexity index is 448. The largest absolute Gasteiger partial charge is 0.379 e. The van der Waals surface area contributed by atoms with Crippen LogP contribution in [0.25, 0.3) is 0 Å². The molecule has 4 nitrogen and oxygen atoms in total. The Balaban J connectivity index is 1.97. The molecule has 1 fully saturated rings. The molecule has 1 saturated heterocycles. The molecular formula is C12H14F2N2O2S. The van der Waals surface area contributed by atoms with E-state index in [-0.39, 0.29) is 12.5 Å². The number of hydrogen-bond acceptors (Lipinski definition) is 4. The van der Waals surface area contributed by atoms with Crippen LogP contribution in [0.5, 0.6) is 0 Å². The summed E-state index contributed by atoms with van der Waals surface area (Å²) in [6, 6.07) is 6.20. The summed E-state index contributed by atoms with van der Waals surface area (Å²) in [5.74, 6) is -2.78. The summed E-state index contributed by atoms with van der Waals surface area (Å²) < 4.78 is 29.4. The molecule has 104 valence electrons. The lowest BCUT2D eigenvalue weighted by Gasteiger charge is -2.20. The van der Waals surface area contributed by atoms with E-state index in [9.17, 15) is 13.6 Å². The summed E-state index contributed by atoms with van der Waals surface area (Å²) in [5.41, 5.74) is 5.43. The van der Waals surface area contributed by atoms with E-state index in [2.05, 4.69) is 5.32 Å². The van der Waals surface area contributed by atoms with Crippen molar-refractivity contribution in [2.75, 3.05) is 18.5 Å². The molecular weight excluding hydrogens is 274 g/mol. The zero-order valence-electron chi connectivity index (χ0n) is 10.1. The lowest BCUT2D eigenvalue weighted by Crippen LogP contribution is -2.51. The molecule has 1 aromatic rings. The molecule has 1 unspecified atom stereocenters. The topological polar surface area (TPSA) is 64.4 Å². The van der Waals surface area contributed by atoms with E-state index in [4.69, 9.17) is 10.5 Å². The first-order chi connectivity index (χ1) is 8.99. The van der Waals surface area contributed by atoms with Gasteiger partial charge in [0.05, 0.1) is 6.61 Å². The van der Waals surface area contributed by atoms with Gasteiger partial charge in [0.25, 0.3) is 5.76 Å². The van der Waals surface area contributed by atoms with Gasteiger partial charge in [0.15, 0.2) is 0 Å². The Morgan fingerprint density at radius 3 is 2.63 bits per heavy atom. The Labute approximate surface area is 113 Å². The van der Waals surface area contributed by atoms with E-state index in [1.807, 2.05) is 0 Å². The fourth-order valence-electron chi connectivity index (χ4n) is 1.74. The van der Waals surface area contributed by atoms with Gasteiger partial charge in [-0.3, -0.25) is 4.79 Å². The molecule has 0 aromatic heterocycles. The monoisotopic (exact) mass is 288 g/mol. The first-order valence-electron chi connectivity index (χ1n) is 5.72. The number of halogens is 2. The second-order valence-electron chi connectivity index (χ2n) is 4.32. The normalized spacial score (nSPS) is 22.7. The number of anilines is 1. The smallest absolute Gasteiger partial charge is 0.288 e. The molecule has 7 heteroatoms. The van der Waals surface area contributed by atoms with Crippen molar-refractivity contribution >= 4 is 23.4 Å². The summed E-state index contributed by atoms with van der Waals surface area (Å²) in [6.45, 7) is 0.659. The molecule has 0 saturated carbocycles. The average molecular weight is 288 g/mol. The van der Waals surface area contributed by atoms with Gasteiger partial charge >= 0.3 is 0 Å². The number of rotatable bonds is 4. The van der Waals surface area contributed by atoms with Crippen LogP contribution in [0.4, 0.5) is 14.5 Å². The van der Waals surface area contributed by atoms with Crippen LogP contribution in [0, 0.1) is 0 Å². The molecule has 0 spiro atoms. The molecule has 1 amide bonds. The quantitative estimate of drug-likeness (QED) is 0.832. The molecule has 0 radical (unpaired) electrons. The van der Waals surface area contributed by atoms with Gasteiger partial charge in [0.1, 0.15) is 5.54 Å². The van der Waals surface area contributed by atoms with Crippen molar-refractivity contribution < 1.29 is 18.3 Å². The third-order valence-corrected chi connectivity index (χ3v) is 3.56. The van der Waals surface area contributed by atoms with E-state index in [1.165, 1.54) is 12.1 Å². The number of hydrogen-bond donors (Lipinski definition) is 2. The van der Waals surface area contributed by atoms with Crippen molar-refractivity contribution in [2.45, 2.75) is 22.6 Å². The summed E-state index contributed by atoms with van der Waals surface area (Å²) in [5, 5.41) is 2.66. The van der Waals surface area contributed by atoms with Crippen LogP contribution in [0.1, 0.15) is 6.42 Å². The lowest BCUT2D eigenvalue weighted by atomic mass is 9.99. The highest BCUT2D eigenvalue weighted by molar-refractivity contribution is 7.99. The number of thioether (sulfide) groups is 1. The SMILES string of the molecule is NC1(C(=O)Nc2ccc(SC(F)F)cc2)CCOC1. The first-order valence-corrected chi connectivity index (χ1v) is 6.60. The predicted octanol–water partition coefficient (Wildman–Crippen LogP) is 2.06. The van der Waals surface area contributed by atoms with Gasteiger partial charge < -0.3 is 15.8 Å². The van der Waals surface area contributed by atoms with Crippen LogP contribution in [-0.4, -0.2) is 30.4 Å². The van der Waals surface area contributed by atoms with Crippen LogP contribution in [-0.2, 0) is 9.53 Å². The molecule has 1 aromatic carbocycles. The number of amides is 1. The minimum absolute atomic E-state index is 0.193. The lowest BCUT2D eigenvalue weighted by molar-refractivity contribution is -0.121. The van der Waals surface area contributed by atoms with Crippen LogP contribution in [0.3, 0.4) is 0 Å². The standard InChI is InChI=1S/C12H14F2N2O2S/c13-11(14)19-9-3-1-8(2-4-9)16-10(17)12(15)5-6-18-7-12/h1-4,11H,5-7,15H2,(H,16,17). The summed E-state index contributed by atoms with van der Waals surface area (Å²) in [4.78, 5) is 12.4. The molecule has 1 aliphatic heterocycles. The molecule has 3 N–H and O–H groups in total. The summed E-state index contributed by atoms with van der Waals surface area (Å²) in [7, 11) is 0. The third kappa shape index (κ3) is 3.65. The number of nitrogens with two attached hydrogens (primary N) is 1. The molecule has 1 aliphatic rings. The number of ether oxygens (including phenoxy) is 1. The number of nitrogens with one attached hydrogen (secondary N) is 1. The highest BCUT2D eigenvalue weighted by Crippen LogP contribution is 2.26. The van der Waals surface area contributed by atoms with Gasteiger partial charge in [0.2, 0.25) is 5.91 Å². The Kier molecular flexibility index (Phi) is 4.38. The maximum absolute atomic E-state index is 12.1. The van der Waals surface area contributed by atoms with E-state index < -0.39 is 11.3 Å². The van der Waals surface area contributed by atoms with Gasteiger partial charge in [-0.2, -0.15) is 8.78 Å². The predicted molar refractivity (Wildman–Crippen MR) is 69.3 cm³/mol. The highest BCUT2D eigenvalue weighted by atomic mass is 32.2. The number of carbonyl (C=O) groups is 1. The van der Waals surface area contributed by atoms with Crippen molar-refractivity contribution in [2.24, 2.45) is 5.73 Å². The minimum atomic E-state index is -2.46. The van der Waals surface area contributed by atoms with Crippen molar-refractivity contribution in [1.82, 2.24) is 0 Å². The molecule has 0 bridgehead atoms. The van der Waals surface area contributed by atoms with E-state index >= 15 is 0 Å². The highest BCUT2D eigenvalue weighted by Gasteiger charge is 2.38. The number of alkyl halides is 2. The Morgan fingerprint density at radius 1 is 1.42 bits per heavy atom. The molecule has 1 atom stereocenters. The third-order valence-electron chi connectivity index (χ3n) is 2.84. The van der Waals surface area contributed by atoms with Gasteiger partial charge in [-0.05, 0) is 30.7 Å². The maximum atomic E-state index is 12.1. The van der Waals surface area contributed by atoms with Crippen molar-refractivity contribution in [3.63, 3.8) is 0 Å². The van der Waals surface area contributed by atoms with Crippen molar-refractivity contribution in [1.29, 1.82) is 0 Å². The number of benzene rings is 1. The summed E-state index contributed by atoms with van der Waals surface area (Å²) in [6.07, 6.45) is 0.470. The molecule has 1 heterocycles. The average Bonchev–Trinajstić information content (AvgIpc) is 2.79. The molecule has 19 heavy (non-hydrogen) atoms. The van der Waals surface area contributed by atoms with E-state index in [0.717, 1.165) is 0 Å². The van der Waals surface area contributed by atoms with E-state index in [0.29, 0.717) is 35.4 Å². The van der Waals surface area contributed by atoms with Gasteiger partial charge in [-0.25, -0.2) is 0 Å². The zero-order chi connectivity index (χ0) is 13.9. The second kappa shape index (κ2) is 5.85.